The highest BCUT2D eigenvalue weighted by molar-refractivity contribution is 5.33. The molecule has 2 atom stereocenters. The molecular weight excluding hydrogens is 329 g/mol. The van der Waals surface area contributed by atoms with Gasteiger partial charge in [0, 0.05) is 19.6 Å². The predicted octanol–water partition coefficient (Wildman–Crippen LogP) is 3.61. The molecule has 2 unspecified atom stereocenters. The van der Waals surface area contributed by atoms with Crippen LogP contribution in [0.3, 0.4) is 0 Å². The van der Waals surface area contributed by atoms with Gasteiger partial charge in [-0.25, -0.2) is 4.39 Å². The van der Waals surface area contributed by atoms with Gasteiger partial charge < -0.3 is 14.7 Å². The van der Waals surface area contributed by atoms with E-state index in [9.17, 15) is 9.50 Å². The van der Waals surface area contributed by atoms with Crippen LogP contribution in [0.25, 0.3) is 0 Å². The van der Waals surface area contributed by atoms with E-state index in [1.165, 1.54) is 6.07 Å². The molecule has 1 N–H and O–H groups in total. The van der Waals surface area contributed by atoms with Crippen LogP contribution < -0.4 is 4.74 Å². The van der Waals surface area contributed by atoms with Crippen LogP contribution in [-0.4, -0.2) is 36.8 Å². The van der Waals surface area contributed by atoms with Gasteiger partial charge in [-0.1, -0.05) is 24.3 Å². The van der Waals surface area contributed by atoms with Gasteiger partial charge in [0.25, 0.3) is 0 Å². The third kappa shape index (κ3) is 3.49. The molecule has 1 aliphatic carbocycles. The molecule has 0 spiro atoms. The first-order valence-electron chi connectivity index (χ1n) is 9.39. The van der Waals surface area contributed by atoms with Crippen molar-refractivity contribution in [3.8, 4) is 5.75 Å². The van der Waals surface area contributed by atoms with Gasteiger partial charge in [0.05, 0.1) is 12.7 Å². The number of ether oxygens (including phenoxy) is 1. The van der Waals surface area contributed by atoms with Crippen molar-refractivity contribution in [2.45, 2.75) is 24.9 Å². The lowest BCUT2D eigenvalue weighted by molar-refractivity contribution is 0.0312. The fourth-order valence-electron chi connectivity index (χ4n) is 4.76. The summed E-state index contributed by atoms with van der Waals surface area (Å²) in [5.74, 6) is 1.69. The summed E-state index contributed by atoms with van der Waals surface area (Å²) in [6.45, 7) is 2.99. The SMILES string of the molecule is COc1cccc(C2(O)CC3CN(CCc4cccc(F)c4)CC3C2)c1. The Kier molecular flexibility index (Phi) is 4.72. The van der Waals surface area contributed by atoms with Crippen molar-refractivity contribution >= 4 is 0 Å². The molecule has 0 bridgehead atoms. The molecule has 0 aromatic heterocycles. The monoisotopic (exact) mass is 355 g/mol. The number of benzene rings is 2. The summed E-state index contributed by atoms with van der Waals surface area (Å²) in [5.41, 5.74) is 1.28. The van der Waals surface area contributed by atoms with Crippen LogP contribution in [0.4, 0.5) is 4.39 Å². The topological polar surface area (TPSA) is 32.7 Å². The molecule has 1 heterocycles. The van der Waals surface area contributed by atoms with Gasteiger partial charge in [0.1, 0.15) is 11.6 Å². The Balaban J connectivity index is 1.36. The average Bonchev–Trinajstić information content (AvgIpc) is 3.15. The predicted molar refractivity (Wildman–Crippen MR) is 99.6 cm³/mol. The molecule has 2 aromatic carbocycles. The van der Waals surface area contributed by atoms with E-state index in [0.29, 0.717) is 11.8 Å². The standard InChI is InChI=1S/C22H26FNO2/c1-26-21-7-3-5-19(11-21)22(25)12-17-14-24(15-18(17)13-22)9-8-16-4-2-6-20(23)10-16/h2-7,10-11,17-18,25H,8-9,12-15H2,1H3. The van der Waals surface area contributed by atoms with Crippen molar-refractivity contribution in [2.75, 3.05) is 26.7 Å². The minimum atomic E-state index is -0.738. The first-order valence-corrected chi connectivity index (χ1v) is 9.39. The molecule has 2 aliphatic rings. The minimum Gasteiger partial charge on any atom is -0.497 e. The van der Waals surface area contributed by atoms with Crippen molar-refractivity contribution < 1.29 is 14.2 Å². The van der Waals surface area contributed by atoms with E-state index in [1.54, 1.807) is 19.2 Å². The molecule has 4 heteroatoms. The van der Waals surface area contributed by atoms with E-state index in [0.717, 1.165) is 55.8 Å². The summed E-state index contributed by atoms with van der Waals surface area (Å²) in [5, 5.41) is 11.2. The highest BCUT2D eigenvalue weighted by Crippen LogP contribution is 2.49. The molecule has 1 saturated carbocycles. The molecule has 0 radical (unpaired) electrons. The average molecular weight is 355 g/mol. The minimum absolute atomic E-state index is 0.163. The van der Waals surface area contributed by atoms with Gasteiger partial charge in [0.15, 0.2) is 0 Å². The third-order valence-corrected chi connectivity index (χ3v) is 6.06. The highest BCUT2D eigenvalue weighted by atomic mass is 19.1. The summed E-state index contributed by atoms with van der Waals surface area (Å²) in [6.07, 6.45) is 2.49. The van der Waals surface area contributed by atoms with E-state index < -0.39 is 5.60 Å². The zero-order valence-corrected chi connectivity index (χ0v) is 15.2. The van der Waals surface area contributed by atoms with Crippen LogP contribution in [-0.2, 0) is 12.0 Å². The maximum atomic E-state index is 13.3. The quantitative estimate of drug-likeness (QED) is 0.889. The number of halogens is 1. The molecule has 2 aromatic rings. The molecule has 3 nitrogen and oxygen atoms in total. The van der Waals surface area contributed by atoms with E-state index in [-0.39, 0.29) is 5.82 Å². The lowest BCUT2D eigenvalue weighted by Gasteiger charge is -2.26. The number of nitrogens with zero attached hydrogens (tertiary/aromatic N) is 1. The number of hydrogen-bond donors (Lipinski definition) is 1. The number of fused-ring (bicyclic) bond motifs is 1. The third-order valence-electron chi connectivity index (χ3n) is 6.06. The zero-order valence-electron chi connectivity index (χ0n) is 15.2. The van der Waals surface area contributed by atoms with Gasteiger partial charge in [0.2, 0.25) is 0 Å². The molecule has 2 fully saturated rings. The zero-order chi connectivity index (χ0) is 18.1. The Morgan fingerprint density at radius 2 is 1.85 bits per heavy atom. The van der Waals surface area contributed by atoms with Gasteiger partial charge >= 0.3 is 0 Å². The van der Waals surface area contributed by atoms with Gasteiger partial charge in [-0.3, -0.25) is 0 Å². The second-order valence-corrected chi connectivity index (χ2v) is 7.83. The molecule has 1 aliphatic heterocycles. The molecule has 26 heavy (non-hydrogen) atoms. The summed E-state index contributed by atoms with van der Waals surface area (Å²) in [6, 6.07) is 14.7. The lowest BCUT2D eigenvalue weighted by Crippen LogP contribution is -2.29. The van der Waals surface area contributed by atoms with Gasteiger partial charge in [-0.15, -0.1) is 0 Å². The number of rotatable bonds is 5. The Bertz CT molecular complexity index is 764. The number of likely N-dealkylation sites (tertiary alicyclic amines) is 1. The Morgan fingerprint density at radius 3 is 2.54 bits per heavy atom. The summed E-state index contributed by atoms with van der Waals surface area (Å²) >= 11 is 0. The van der Waals surface area contributed by atoms with Crippen molar-refractivity contribution in [1.29, 1.82) is 0 Å². The lowest BCUT2D eigenvalue weighted by atomic mass is 9.90. The van der Waals surface area contributed by atoms with E-state index in [2.05, 4.69) is 4.90 Å². The van der Waals surface area contributed by atoms with Crippen LogP contribution in [0.15, 0.2) is 48.5 Å². The fourth-order valence-corrected chi connectivity index (χ4v) is 4.76. The Morgan fingerprint density at radius 1 is 1.12 bits per heavy atom. The first kappa shape index (κ1) is 17.5. The van der Waals surface area contributed by atoms with Crippen molar-refractivity contribution in [2.24, 2.45) is 11.8 Å². The fraction of sp³-hybridized carbons (Fsp3) is 0.455. The number of methoxy groups -OCH3 is 1. The van der Waals surface area contributed by atoms with E-state index >= 15 is 0 Å². The van der Waals surface area contributed by atoms with Crippen molar-refractivity contribution in [3.05, 3.63) is 65.5 Å². The smallest absolute Gasteiger partial charge is 0.123 e. The molecular formula is C22H26FNO2. The van der Waals surface area contributed by atoms with E-state index in [4.69, 9.17) is 4.74 Å². The first-order chi connectivity index (χ1) is 12.6. The van der Waals surface area contributed by atoms with Crippen LogP contribution in [0.2, 0.25) is 0 Å². The maximum absolute atomic E-state index is 13.3. The van der Waals surface area contributed by atoms with Crippen LogP contribution in [0.5, 0.6) is 5.75 Å². The highest BCUT2D eigenvalue weighted by Gasteiger charge is 2.48. The summed E-state index contributed by atoms with van der Waals surface area (Å²) in [4.78, 5) is 2.46. The molecule has 138 valence electrons. The second-order valence-electron chi connectivity index (χ2n) is 7.83. The van der Waals surface area contributed by atoms with Crippen LogP contribution >= 0.6 is 0 Å². The normalized spacial score (nSPS) is 28.3. The van der Waals surface area contributed by atoms with E-state index in [1.807, 2.05) is 30.3 Å². The Hall–Kier alpha value is -1.91. The van der Waals surface area contributed by atoms with Gasteiger partial charge in [-0.05, 0) is 66.5 Å². The van der Waals surface area contributed by atoms with Crippen LogP contribution in [0, 0.1) is 17.7 Å². The van der Waals surface area contributed by atoms with Gasteiger partial charge in [-0.2, -0.15) is 0 Å². The molecule has 4 rings (SSSR count). The maximum Gasteiger partial charge on any atom is 0.123 e. The van der Waals surface area contributed by atoms with Crippen LogP contribution in [0.1, 0.15) is 24.0 Å². The largest absolute Gasteiger partial charge is 0.497 e. The summed E-state index contributed by atoms with van der Waals surface area (Å²) < 4.78 is 18.6. The van der Waals surface area contributed by atoms with Crippen molar-refractivity contribution in [1.82, 2.24) is 4.90 Å². The summed E-state index contributed by atoms with van der Waals surface area (Å²) in [7, 11) is 1.66. The number of aliphatic hydroxyl groups is 1. The second kappa shape index (κ2) is 7.01. The van der Waals surface area contributed by atoms with Crippen molar-refractivity contribution in [3.63, 3.8) is 0 Å². The molecule has 0 amide bonds. The number of hydrogen-bond acceptors (Lipinski definition) is 3. The molecule has 1 saturated heterocycles. The Labute approximate surface area is 154 Å².